The van der Waals surface area contributed by atoms with Crippen LogP contribution in [0.5, 0.6) is 0 Å². The highest BCUT2D eigenvalue weighted by Crippen LogP contribution is 2.37. The molecule has 37 heavy (non-hydrogen) atoms. The summed E-state index contributed by atoms with van der Waals surface area (Å²) in [6.45, 7) is 9.84. The van der Waals surface area contributed by atoms with Crippen molar-refractivity contribution >= 4 is 39.8 Å². The zero-order chi connectivity index (χ0) is 27.0. The number of carbonyl (C=O) groups is 2. The number of carboxylic acid groups (broad SMARTS) is 1. The summed E-state index contributed by atoms with van der Waals surface area (Å²) in [6.07, 6.45) is 2.48. The minimum atomic E-state index is -0.786. The first-order chi connectivity index (χ1) is 17.3. The van der Waals surface area contributed by atoms with E-state index in [9.17, 15) is 14.7 Å². The van der Waals surface area contributed by atoms with Crippen molar-refractivity contribution in [2.24, 2.45) is 5.41 Å². The van der Waals surface area contributed by atoms with Gasteiger partial charge in [0.2, 0.25) is 0 Å². The van der Waals surface area contributed by atoms with Crippen molar-refractivity contribution in [1.82, 2.24) is 9.97 Å². The molecule has 0 aliphatic carbocycles. The van der Waals surface area contributed by atoms with Gasteiger partial charge in [-0.05, 0) is 57.6 Å². The fourth-order valence-corrected chi connectivity index (χ4v) is 4.86. The van der Waals surface area contributed by atoms with Crippen molar-refractivity contribution in [3.8, 4) is 0 Å². The number of hydrogen-bond acceptors (Lipinski definition) is 8. The number of aliphatic hydroxyl groups excluding tert-OH is 1. The van der Waals surface area contributed by atoms with E-state index >= 15 is 0 Å². The number of nitrogens with zero attached hydrogens (tertiary/aromatic N) is 3. The first-order valence-corrected chi connectivity index (χ1v) is 12.9. The Bertz CT molecular complexity index is 1290. The molecule has 2 atom stereocenters. The van der Waals surface area contributed by atoms with E-state index in [0.717, 1.165) is 18.2 Å². The standard InChI is InChI=1S/C28H37N3O6/c1-27(2,3)37-26(35)19-15-17(32)16-31(19)25-24-23(18-9-6-7-10-20(18)36-24)29-21(30-25)11-8-13-28(4,5)14-12-22(33)34/h6-7,9-10,17,19,32H,8,11-16H2,1-5H3,(H,33,34)/t17-,19-/m0/s1. The first-order valence-electron chi connectivity index (χ1n) is 12.9. The number of esters is 1. The van der Waals surface area contributed by atoms with E-state index in [1.54, 1.807) is 4.90 Å². The number of hydrogen-bond donors (Lipinski definition) is 2. The molecule has 4 rings (SSSR count). The van der Waals surface area contributed by atoms with Gasteiger partial charge in [0, 0.05) is 31.2 Å². The molecule has 0 radical (unpaired) electrons. The van der Waals surface area contributed by atoms with Crippen LogP contribution in [-0.4, -0.2) is 56.4 Å². The molecule has 1 aliphatic rings. The molecule has 1 aliphatic heterocycles. The molecular formula is C28H37N3O6. The van der Waals surface area contributed by atoms with E-state index in [1.807, 2.05) is 45.0 Å². The van der Waals surface area contributed by atoms with Crippen LogP contribution < -0.4 is 4.90 Å². The fourth-order valence-electron chi connectivity index (χ4n) is 4.86. The van der Waals surface area contributed by atoms with Gasteiger partial charge in [0.15, 0.2) is 11.4 Å². The van der Waals surface area contributed by atoms with Gasteiger partial charge in [-0.1, -0.05) is 26.0 Å². The van der Waals surface area contributed by atoms with Crippen LogP contribution in [0.1, 0.15) is 72.5 Å². The van der Waals surface area contributed by atoms with Crippen LogP contribution in [-0.2, 0) is 20.7 Å². The fraction of sp³-hybridized carbons (Fsp3) is 0.571. The third-order valence-corrected chi connectivity index (χ3v) is 6.75. The molecule has 0 saturated carbocycles. The lowest BCUT2D eigenvalue weighted by Crippen LogP contribution is -2.41. The quantitative estimate of drug-likeness (QED) is 0.387. The van der Waals surface area contributed by atoms with Gasteiger partial charge in [-0.2, -0.15) is 0 Å². The number of aliphatic carboxylic acids is 1. The summed E-state index contributed by atoms with van der Waals surface area (Å²) < 4.78 is 11.8. The van der Waals surface area contributed by atoms with Gasteiger partial charge in [-0.15, -0.1) is 0 Å². The number of fused-ring (bicyclic) bond motifs is 3. The molecule has 0 bridgehead atoms. The zero-order valence-corrected chi connectivity index (χ0v) is 22.3. The highest BCUT2D eigenvalue weighted by Gasteiger charge is 2.41. The molecule has 1 aromatic carbocycles. The second kappa shape index (κ2) is 10.3. The number of carboxylic acids is 1. The summed E-state index contributed by atoms with van der Waals surface area (Å²) in [5.74, 6) is -0.0968. The Balaban J connectivity index is 1.68. The monoisotopic (exact) mass is 511 g/mol. The third-order valence-electron chi connectivity index (χ3n) is 6.75. The van der Waals surface area contributed by atoms with E-state index in [1.165, 1.54) is 0 Å². The minimum Gasteiger partial charge on any atom is -0.481 e. The number of benzene rings is 1. The van der Waals surface area contributed by atoms with Crippen LogP contribution in [0.15, 0.2) is 28.7 Å². The number of aromatic nitrogens is 2. The SMILES string of the molecule is CC(C)(CCCc1nc(N2C[C@@H](O)C[C@H]2C(=O)OC(C)(C)C)c2oc3ccccc3c2n1)CCC(=O)O. The molecule has 1 fully saturated rings. The van der Waals surface area contributed by atoms with Crippen molar-refractivity contribution in [3.63, 3.8) is 0 Å². The number of furan rings is 1. The van der Waals surface area contributed by atoms with E-state index in [-0.39, 0.29) is 24.8 Å². The van der Waals surface area contributed by atoms with Crippen LogP contribution in [0.4, 0.5) is 5.82 Å². The lowest BCUT2D eigenvalue weighted by atomic mass is 9.83. The van der Waals surface area contributed by atoms with Crippen LogP contribution in [0.25, 0.3) is 22.1 Å². The van der Waals surface area contributed by atoms with E-state index in [0.29, 0.717) is 41.2 Å². The lowest BCUT2D eigenvalue weighted by Gasteiger charge is -2.28. The Morgan fingerprint density at radius 2 is 1.86 bits per heavy atom. The van der Waals surface area contributed by atoms with Crippen LogP contribution >= 0.6 is 0 Å². The van der Waals surface area contributed by atoms with Gasteiger partial charge in [-0.25, -0.2) is 14.8 Å². The molecule has 2 aromatic heterocycles. The normalized spacial score (nSPS) is 18.6. The minimum absolute atomic E-state index is 0.117. The lowest BCUT2D eigenvalue weighted by molar-refractivity contribution is -0.156. The van der Waals surface area contributed by atoms with Gasteiger partial charge in [0.05, 0.1) is 6.10 Å². The third kappa shape index (κ3) is 6.39. The smallest absolute Gasteiger partial charge is 0.329 e. The Hall–Kier alpha value is -3.20. The summed E-state index contributed by atoms with van der Waals surface area (Å²) in [5.41, 5.74) is 1.05. The van der Waals surface area contributed by atoms with Gasteiger partial charge < -0.3 is 24.3 Å². The zero-order valence-electron chi connectivity index (χ0n) is 22.3. The number of ether oxygens (including phenoxy) is 1. The number of carbonyl (C=O) groups excluding carboxylic acids is 1. The number of anilines is 1. The molecule has 2 N–H and O–H groups in total. The Morgan fingerprint density at radius 3 is 2.57 bits per heavy atom. The molecule has 200 valence electrons. The first kappa shape index (κ1) is 26.9. The van der Waals surface area contributed by atoms with Crippen molar-refractivity contribution in [1.29, 1.82) is 0 Å². The maximum Gasteiger partial charge on any atom is 0.329 e. The molecule has 0 amide bonds. The van der Waals surface area contributed by atoms with E-state index in [4.69, 9.17) is 24.2 Å². The van der Waals surface area contributed by atoms with Crippen LogP contribution in [0.2, 0.25) is 0 Å². The average molecular weight is 512 g/mol. The summed E-state index contributed by atoms with van der Waals surface area (Å²) in [6, 6.07) is 6.94. The van der Waals surface area contributed by atoms with Gasteiger partial charge in [0.1, 0.15) is 28.6 Å². The number of aryl methyl sites for hydroxylation is 1. The summed E-state index contributed by atoms with van der Waals surface area (Å²) in [4.78, 5) is 35.5. The molecule has 9 heteroatoms. The summed E-state index contributed by atoms with van der Waals surface area (Å²) >= 11 is 0. The highest BCUT2D eigenvalue weighted by molar-refractivity contribution is 6.06. The number of para-hydroxylation sites is 1. The maximum absolute atomic E-state index is 13.1. The van der Waals surface area contributed by atoms with E-state index in [2.05, 4.69) is 13.8 Å². The van der Waals surface area contributed by atoms with Gasteiger partial charge in [-0.3, -0.25) is 4.79 Å². The summed E-state index contributed by atoms with van der Waals surface area (Å²) in [5, 5.41) is 20.4. The topological polar surface area (TPSA) is 126 Å². The van der Waals surface area contributed by atoms with Crippen LogP contribution in [0, 0.1) is 5.41 Å². The van der Waals surface area contributed by atoms with Gasteiger partial charge in [0.25, 0.3) is 0 Å². The number of β-amino-alcohol motifs (C(OH)–C–C–N with tert-alkyl or cyclic N) is 1. The molecule has 3 heterocycles. The largest absolute Gasteiger partial charge is 0.481 e. The highest BCUT2D eigenvalue weighted by atomic mass is 16.6. The maximum atomic E-state index is 13.1. The molecule has 0 unspecified atom stereocenters. The predicted octanol–water partition coefficient (Wildman–Crippen LogP) is 4.87. The predicted molar refractivity (Wildman–Crippen MR) is 141 cm³/mol. The molecule has 3 aromatic rings. The number of rotatable bonds is 9. The molecular weight excluding hydrogens is 474 g/mol. The second-order valence-corrected chi connectivity index (χ2v) is 11.7. The number of aliphatic hydroxyl groups is 1. The summed E-state index contributed by atoms with van der Waals surface area (Å²) in [7, 11) is 0. The van der Waals surface area contributed by atoms with Crippen molar-refractivity contribution in [2.75, 3.05) is 11.4 Å². The molecule has 1 saturated heterocycles. The van der Waals surface area contributed by atoms with E-state index < -0.39 is 29.7 Å². The van der Waals surface area contributed by atoms with Crippen molar-refractivity contribution in [3.05, 3.63) is 30.1 Å². The average Bonchev–Trinajstić information content (AvgIpc) is 3.37. The Morgan fingerprint density at radius 1 is 1.14 bits per heavy atom. The Labute approximate surface area is 216 Å². The second-order valence-electron chi connectivity index (χ2n) is 11.7. The Kier molecular flexibility index (Phi) is 7.46. The molecule has 0 spiro atoms. The molecule has 9 nitrogen and oxygen atoms in total. The van der Waals surface area contributed by atoms with Crippen LogP contribution in [0.3, 0.4) is 0 Å². The van der Waals surface area contributed by atoms with Crippen molar-refractivity contribution < 1.29 is 29.0 Å². The van der Waals surface area contributed by atoms with Gasteiger partial charge >= 0.3 is 11.9 Å². The van der Waals surface area contributed by atoms with Crippen molar-refractivity contribution in [2.45, 2.75) is 90.9 Å².